The fourth-order valence-corrected chi connectivity index (χ4v) is 9.02. The molecule has 7 rings (SSSR count). The van der Waals surface area contributed by atoms with Crippen molar-refractivity contribution in [2.75, 3.05) is 28.2 Å². The van der Waals surface area contributed by atoms with E-state index < -0.39 is 30.6 Å². The van der Waals surface area contributed by atoms with Crippen molar-refractivity contribution in [2.24, 2.45) is 59.6 Å². The van der Waals surface area contributed by atoms with Gasteiger partial charge in [0.15, 0.2) is 0 Å². The van der Waals surface area contributed by atoms with E-state index in [-0.39, 0.29) is 10.8 Å². The molecule has 0 atom stereocenters. The van der Waals surface area contributed by atoms with Crippen LogP contribution >= 0.6 is 0 Å². The first-order valence-corrected chi connectivity index (χ1v) is 38.5. The quantitative estimate of drug-likeness (QED) is 0.120. The minimum absolute atomic E-state index is 0.0694. The molecule has 0 aliphatic heterocycles. The van der Waals surface area contributed by atoms with Crippen molar-refractivity contribution >= 4 is 7.25 Å². The van der Waals surface area contributed by atoms with Gasteiger partial charge in [-0.1, -0.05) is 230 Å². The van der Waals surface area contributed by atoms with E-state index in [0.29, 0.717) is 54.4 Å². The molecule has 12 heteroatoms. The lowest BCUT2D eigenvalue weighted by Gasteiger charge is -2.39. The maximum absolute atomic E-state index is 12.2. The van der Waals surface area contributed by atoms with Gasteiger partial charge in [-0.05, 0) is 221 Å². The number of rotatable bonds is 2. The zero-order valence-corrected chi connectivity index (χ0v) is 72.8. The first-order valence-electron chi connectivity index (χ1n) is 38.5. The highest BCUT2D eigenvalue weighted by Crippen LogP contribution is 2.46. The monoisotopic (exact) mass is 1440 g/mol. The standard InChI is InChI=1S/2C10H20.C9H9F3.C9H14.2C7H14.C7H12.C6H8.C6H10.C5H9F3.C4H12N.4C2H6.BF4/c2*1-9(2)5-7-10(3,4)8-6-9;1-6-4-3-5-8(7(6)2)9(10,11)12;1-3-9(4-2)7-5-6-8-9;2*1-7(2)5-3-4-6-7;1-5-7(3,4)6-2;1-3-6(2)4-5-6;1-5-6(2,3)4;1-4(2,3)5(6,7)8;1-5(2,3)4;4*1-2;2-1(3,4)5/h2*5-8H2,1-4H3;3-5H,1-2H3;1H,4-8H2,2H3;2*3-6H2,1-2H3;1H,6H2,2-4H3;1H,4-5H2,2H3;1H,2-4H3;1-3H3;1-4H3;4*1-2H3;/q;;;;;;;;;;+1;;;;;-1. The fraction of sp³-hybridized carbons (Fsp3) is 0.841. The SMILES string of the molecule is C#CC(C)(C)C.C#CC(C)(C)CC.C#CC1(C)CC1.C#CC1(CC)CCCC1.CC.CC.CC.CC.CC(C)(C)C(F)(F)F.CC1(C)CCC(C)(C)CC1.CC1(C)CCC(C)(C)CC1.CC1(C)CCCC1.CC1(C)CCCC1.C[N+](C)(C)C.Cc1cccc(C(F)(F)F)c1C.F[B-](F)(F)F. The van der Waals surface area contributed by atoms with E-state index in [0.717, 1.165) is 37.7 Å². The van der Waals surface area contributed by atoms with Crippen LogP contribution in [-0.2, 0) is 6.18 Å². The predicted octanol–water partition coefficient (Wildman–Crippen LogP) is 31.8. The molecule has 100 heavy (non-hydrogen) atoms. The summed E-state index contributed by atoms with van der Waals surface area (Å²) in [5.74, 6) is 10.9. The van der Waals surface area contributed by atoms with E-state index >= 15 is 0 Å². The summed E-state index contributed by atoms with van der Waals surface area (Å²) in [6.45, 7) is 67.7. The molecule has 0 bridgehead atoms. The van der Waals surface area contributed by atoms with E-state index in [2.05, 4.69) is 170 Å². The van der Waals surface area contributed by atoms with E-state index in [1.807, 2.05) is 76.2 Å². The van der Waals surface area contributed by atoms with Crippen LogP contribution in [0.1, 0.15) is 385 Å². The molecule has 1 aromatic rings. The van der Waals surface area contributed by atoms with Crippen LogP contribution in [0, 0.1) is 123 Å². The van der Waals surface area contributed by atoms with E-state index in [1.54, 1.807) is 13.0 Å². The number of hydrogen-bond acceptors (Lipinski definition) is 0. The number of terminal acetylenes is 4. The predicted molar refractivity (Wildman–Crippen MR) is 430 cm³/mol. The van der Waals surface area contributed by atoms with Crippen LogP contribution in [0.25, 0.3) is 0 Å². The lowest BCUT2D eigenvalue weighted by Crippen LogP contribution is -2.28. The molecule has 0 heterocycles. The molecule has 0 saturated heterocycles. The number of benzene rings is 1. The largest absolute Gasteiger partial charge is 0.673 e. The molecule has 6 saturated carbocycles. The molecule has 6 fully saturated rings. The van der Waals surface area contributed by atoms with Gasteiger partial charge in [-0.25, -0.2) is 0 Å². The lowest BCUT2D eigenvalue weighted by atomic mass is 9.67. The summed E-state index contributed by atoms with van der Waals surface area (Å²) >= 11 is 0. The third-order valence-corrected chi connectivity index (χ3v) is 18.2. The summed E-state index contributed by atoms with van der Waals surface area (Å²) in [6.07, 6.45) is 45.4. The number of aryl methyl sites for hydroxylation is 1. The molecular formula is C88H166BF10N. The molecule has 0 radical (unpaired) electrons. The third-order valence-electron chi connectivity index (χ3n) is 18.2. The Hall–Kier alpha value is -3.22. The Morgan fingerprint density at radius 2 is 0.650 bits per heavy atom. The maximum atomic E-state index is 12.2. The Morgan fingerprint density at radius 1 is 0.420 bits per heavy atom. The topological polar surface area (TPSA) is 0 Å². The van der Waals surface area contributed by atoms with Crippen molar-refractivity contribution < 1.29 is 48.1 Å². The van der Waals surface area contributed by atoms with Crippen molar-refractivity contribution in [3.63, 3.8) is 0 Å². The molecule has 0 aromatic heterocycles. The van der Waals surface area contributed by atoms with Crippen molar-refractivity contribution in [3.8, 4) is 49.4 Å². The average Bonchev–Trinajstić information content (AvgIpc) is 1.14. The second kappa shape index (κ2) is 53.5. The van der Waals surface area contributed by atoms with Gasteiger partial charge in [0, 0.05) is 21.7 Å². The minimum Gasteiger partial charge on any atom is -0.418 e. The Kier molecular flexibility index (Phi) is 61.7. The second-order valence-corrected chi connectivity index (χ2v) is 36.0. The van der Waals surface area contributed by atoms with E-state index in [9.17, 15) is 43.6 Å². The molecule has 6 aliphatic rings. The average molecular weight is 1440 g/mol. The fourth-order valence-electron chi connectivity index (χ4n) is 9.02. The minimum atomic E-state index is -6.00. The van der Waals surface area contributed by atoms with Crippen LogP contribution in [0.2, 0.25) is 0 Å². The van der Waals surface area contributed by atoms with E-state index in [4.69, 9.17) is 25.7 Å². The van der Waals surface area contributed by atoms with Gasteiger partial charge in [0.05, 0.1) is 39.2 Å². The number of nitrogens with zero attached hydrogens (tertiary/aromatic N) is 1. The molecule has 1 nitrogen and oxygen atoms in total. The molecule has 1 aromatic carbocycles. The van der Waals surface area contributed by atoms with Crippen molar-refractivity contribution in [1.82, 2.24) is 0 Å². The van der Waals surface area contributed by atoms with Gasteiger partial charge >= 0.3 is 19.6 Å². The summed E-state index contributed by atoms with van der Waals surface area (Å²) in [6, 6.07) is 4.19. The smallest absolute Gasteiger partial charge is 0.418 e. The van der Waals surface area contributed by atoms with Gasteiger partial charge in [-0.15, -0.1) is 43.5 Å². The van der Waals surface area contributed by atoms with Gasteiger partial charge in [0.1, 0.15) is 0 Å². The third kappa shape index (κ3) is 77.4. The summed E-state index contributed by atoms with van der Waals surface area (Å²) in [5.41, 5.74) is 3.61. The number of quaternary nitrogens is 1. The number of alkyl halides is 6. The normalized spacial score (nSPS) is 18.9. The van der Waals surface area contributed by atoms with Gasteiger partial charge in [0.2, 0.25) is 0 Å². The Morgan fingerprint density at radius 3 is 0.750 bits per heavy atom. The Balaban J connectivity index is -0.000000129. The molecule has 0 amide bonds. The summed E-state index contributed by atoms with van der Waals surface area (Å²) < 4.78 is 111. The Labute approximate surface area is 619 Å². The van der Waals surface area contributed by atoms with Crippen molar-refractivity contribution in [2.45, 2.75) is 395 Å². The zero-order valence-electron chi connectivity index (χ0n) is 72.8. The van der Waals surface area contributed by atoms with Gasteiger partial charge in [-0.2, -0.15) is 26.3 Å². The van der Waals surface area contributed by atoms with E-state index in [1.165, 1.54) is 161 Å². The molecular weight excluding hydrogens is 1270 g/mol. The maximum Gasteiger partial charge on any atom is 0.673 e. The first kappa shape index (κ1) is 115. The van der Waals surface area contributed by atoms with Crippen LogP contribution in [0.15, 0.2) is 18.2 Å². The number of hydrogen-bond donors (Lipinski definition) is 0. The van der Waals surface area contributed by atoms with Gasteiger partial charge in [-0.3, -0.25) is 0 Å². The highest BCUT2D eigenvalue weighted by Gasteiger charge is 2.43. The molecule has 596 valence electrons. The van der Waals surface area contributed by atoms with Crippen LogP contribution < -0.4 is 0 Å². The lowest BCUT2D eigenvalue weighted by molar-refractivity contribution is -0.849. The zero-order chi connectivity index (χ0) is 82.2. The molecule has 0 N–H and O–H groups in total. The van der Waals surface area contributed by atoms with Gasteiger partial charge in [0.25, 0.3) is 0 Å². The molecule has 6 aliphatic carbocycles. The second-order valence-electron chi connectivity index (χ2n) is 36.0. The molecule has 0 spiro atoms. The van der Waals surface area contributed by atoms with Crippen molar-refractivity contribution in [1.29, 1.82) is 0 Å². The van der Waals surface area contributed by atoms with Crippen LogP contribution in [0.5, 0.6) is 0 Å². The first-order chi connectivity index (χ1) is 44.7. The molecule has 0 unspecified atom stereocenters. The highest BCUT2D eigenvalue weighted by atomic mass is 19.5. The van der Waals surface area contributed by atoms with Crippen molar-refractivity contribution in [3.05, 3.63) is 34.9 Å². The Bertz CT molecular complexity index is 2120. The summed E-state index contributed by atoms with van der Waals surface area (Å²) in [5, 5.41) is 0. The van der Waals surface area contributed by atoms with Crippen LogP contribution in [-0.4, -0.2) is 46.1 Å². The van der Waals surface area contributed by atoms with Gasteiger partial charge < -0.3 is 21.7 Å². The number of halogens is 10. The highest BCUT2D eigenvalue weighted by molar-refractivity contribution is 6.50. The van der Waals surface area contributed by atoms with Crippen LogP contribution in [0.3, 0.4) is 0 Å². The summed E-state index contributed by atoms with van der Waals surface area (Å²) in [4.78, 5) is 0. The summed E-state index contributed by atoms with van der Waals surface area (Å²) in [7, 11) is 2.50. The van der Waals surface area contributed by atoms with Crippen LogP contribution in [0.4, 0.5) is 43.6 Å².